The van der Waals surface area contributed by atoms with Crippen molar-refractivity contribution in [2.75, 3.05) is 20.1 Å². The molecule has 4 nitrogen and oxygen atoms in total. The Labute approximate surface area is 136 Å². The summed E-state index contributed by atoms with van der Waals surface area (Å²) in [4.78, 5) is 17.0. The first kappa shape index (κ1) is 14.5. The molecule has 0 unspecified atom stereocenters. The Bertz CT molecular complexity index is 673. The van der Waals surface area contributed by atoms with Crippen molar-refractivity contribution in [3.05, 3.63) is 60.1 Å². The Morgan fingerprint density at radius 2 is 1.91 bits per heavy atom. The predicted octanol–water partition coefficient (Wildman–Crippen LogP) is 3.08. The van der Waals surface area contributed by atoms with E-state index in [1.165, 1.54) is 11.1 Å². The minimum Gasteiger partial charge on any atom is -0.472 e. The number of likely N-dealkylation sites (tertiary alicyclic amines) is 2. The Kier molecular flexibility index (Phi) is 3.49. The van der Waals surface area contributed by atoms with Crippen LogP contribution in [0.2, 0.25) is 0 Å². The Morgan fingerprint density at radius 3 is 2.57 bits per heavy atom. The van der Waals surface area contributed by atoms with Crippen molar-refractivity contribution in [3.63, 3.8) is 0 Å². The molecule has 0 saturated carbocycles. The van der Waals surface area contributed by atoms with Gasteiger partial charge in [-0.2, -0.15) is 0 Å². The maximum Gasteiger partial charge on any atom is 0.231 e. The SMILES string of the molecule is CN1C(=O)C2(CCN(Cc3ccoc3)CC2)[C@H]1c1ccccc1. The average Bonchev–Trinajstić information content (AvgIpc) is 3.10. The van der Waals surface area contributed by atoms with E-state index in [-0.39, 0.29) is 11.5 Å². The van der Waals surface area contributed by atoms with E-state index in [1.54, 1.807) is 12.5 Å². The van der Waals surface area contributed by atoms with Gasteiger partial charge in [0, 0.05) is 19.2 Å². The molecule has 1 atom stereocenters. The topological polar surface area (TPSA) is 36.7 Å². The van der Waals surface area contributed by atoms with Crippen molar-refractivity contribution < 1.29 is 9.21 Å². The molecule has 0 radical (unpaired) electrons. The van der Waals surface area contributed by atoms with Crippen molar-refractivity contribution in [1.82, 2.24) is 9.80 Å². The molecule has 2 aromatic rings. The van der Waals surface area contributed by atoms with Crippen LogP contribution in [0.25, 0.3) is 0 Å². The van der Waals surface area contributed by atoms with Crippen LogP contribution in [0.3, 0.4) is 0 Å². The maximum absolute atomic E-state index is 12.6. The second kappa shape index (κ2) is 5.53. The average molecular weight is 310 g/mol. The Morgan fingerprint density at radius 1 is 1.17 bits per heavy atom. The van der Waals surface area contributed by atoms with Gasteiger partial charge in [0.25, 0.3) is 0 Å². The molecular weight excluding hydrogens is 288 g/mol. The highest BCUT2D eigenvalue weighted by Gasteiger charge is 2.59. The molecule has 2 fully saturated rings. The zero-order valence-electron chi connectivity index (χ0n) is 13.4. The molecule has 2 aliphatic rings. The third kappa shape index (κ3) is 2.29. The van der Waals surface area contributed by atoms with Crippen LogP contribution in [0.1, 0.15) is 30.0 Å². The van der Waals surface area contributed by atoms with E-state index in [0.717, 1.165) is 32.5 Å². The number of amides is 1. The first-order valence-corrected chi connectivity index (χ1v) is 8.26. The van der Waals surface area contributed by atoms with E-state index in [4.69, 9.17) is 4.42 Å². The van der Waals surface area contributed by atoms with Gasteiger partial charge in [-0.3, -0.25) is 9.69 Å². The number of carbonyl (C=O) groups is 1. The van der Waals surface area contributed by atoms with Crippen molar-refractivity contribution >= 4 is 5.91 Å². The minimum absolute atomic E-state index is 0.191. The van der Waals surface area contributed by atoms with Gasteiger partial charge in [-0.05, 0) is 37.6 Å². The van der Waals surface area contributed by atoms with Gasteiger partial charge in [-0.25, -0.2) is 0 Å². The fourth-order valence-electron chi connectivity index (χ4n) is 4.31. The van der Waals surface area contributed by atoms with Crippen LogP contribution in [0.15, 0.2) is 53.3 Å². The number of benzene rings is 1. The van der Waals surface area contributed by atoms with Gasteiger partial charge in [0.1, 0.15) is 0 Å². The van der Waals surface area contributed by atoms with Gasteiger partial charge in [-0.1, -0.05) is 30.3 Å². The summed E-state index contributed by atoms with van der Waals surface area (Å²) in [7, 11) is 1.93. The highest BCUT2D eigenvalue weighted by atomic mass is 16.3. The summed E-state index contributed by atoms with van der Waals surface area (Å²) in [6.45, 7) is 2.84. The third-order valence-corrected chi connectivity index (χ3v) is 5.51. The molecule has 0 N–H and O–H groups in total. The molecular formula is C19H22N2O2. The zero-order valence-corrected chi connectivity index (χ0v) is 13.4. The van der Waals surface area contributed by atoms with Crippen LogP contribution < -0.4 is 0 Å². The first-order chi connectivity index (χ1) is 11.2. The summed E-state index contributed by atoms with van der Waals surface area (Å²) in [6.07, 6.45) is 5.40. The molecule has 4 rings (SSSR count). The second-order valence-electron chi connectivity index (χ2n) is 6.79. The Hall–Kier alpha value is -2.07. The highest BCUT2D eigenvalue weighted by molar-refractivity contribution is 5.90. The van der Waals surface area contributed by atoms with Gasteiger partial charge in [0.2, 0.25) is 5.91 Å². The first-order valence-electron chi connectivity index (χ1n) is 8.26. The molecule has 2 saturated heterocycles. The monoisotopic (exact) mass is 310 g/mol. The lowest BCUT2D eigenvalue weighted by Crippen LogP contribution is -2.64. The van der Waals surface area contributed by atoms with Crippen molar-refractivity contribution in [2.24, 2.45) is 5.41 Å². The summed E-state index contributed by atoms with van der Waals surface area (Å²) >= 11 is 0. The standard InChI is InChI=1S/C19H22N2O2/c1-20-17(16-5-3-2-4-6-16)19(18(20)22)8-10-21(11-9-19)13-15-7-12-23-14-15/h2-7,12,14,17H,8-11,13H2,1H3/t17-/m1/s1. The van der Waals surface area contributed by atoms with Gasteiger partial charge in [0.05, 0.1) is 24.0 Å². The molecule has 3 heterocycles. The molecule has 2 aliphatic heterocycles. The molecule has 1 spiro atoms. The zero-order chi connectivity index (χ0) is 15.9. The lowest BCUT2D eigenvalue weighted by atomic mass is 9.62. The molecule has 0 aliphatic carbocycles. The number of piperidine rings is 1. The molecule has 1 amide bonds. The number of hydrogen-bond acceptors (Lipinski definition) is 3. The lowest BCUT2D eigenvalue weighted by molar-refractivity contribution is -0.176. The normalized spacial score (nSPS) is 24.0. The van der Waals surface area contributed by atoms with Crippen molar-refractivity contribution in [1.29, 1.82) is 0 Å². The molecule has 23 heavy (non-hydrogen) atoms. The summed E-state index contributed by atoms with van der Waals surface area (Å²) in [5.41, 5.74) is 2.28. The lowest BCUT2D eigenvalue weighted by Gasteiger charge is -2.58. The molecule has 0 bridgehead atoms. The quantitative estimate of drug-likeness (QED) is 0.818. The fraction of sp³-hybridized carbons (Fsp3) is 0.421. The number of rotatable bonds is 3. The predicted molar refractivity (Wildman–Crippen MR) is 87.6 cm³/mol. The highest BCUT2D eigenvalue weighted by Crippen LogP contribution is 2.55. The van der Waals surface area contributed by atoms with Crippen LogP contribution in [-0.2, 0) is 11.3 Å². The second-order valence-corrected chi connectivity index (χ2v) is 6.79. The van der Waals surface area contributed by atoms with E-state index < -0.39 is 0 Å². The van der Waals surface area contributed by atoms with E-state index in [1.807, 2.05) is 24.1 Å². The van der Waals surface area contributed by atoms with E-state index >= 15 is 0 Å². The van der Waals surface area contributed by atoms with Crippen molar-refractivity contribution in [2.45, 2.75) is 25.4 Å². The number of nitrogens with zero attached hydrogens (tertiary/aromatic N) is 2. The largest absolute Gasteiger partial charge is 0.472 e. The molecule has 1 aromatic carbocycles. The maximum atomic E-state index is 12.6. The van der Waals surface area contributed by atoms with Crippen molar-refractivity contribution in [3.8, 4) is 0 Å². The Balaban J connectivity index is 1.49. The van der Waals surface area contributed by atoms with E-state index in [9.17, 15) is 4.79 Å². The number of hydrogen-bond donors (Lipinski definition) is 0. The third-order valence-electron chi connectivity index (χ3n) is 5.51. The van der Waals surface area contributed by atoms with Gasteiger partial charge in [-0.15, -0.1) is 0 Å². The summed E-state index contributed by atoms with van der Waals surface area (Å²) in [5.74, 6) is 0.314. The van der Waals surface area contributed by atoms with Crippen LogP contribution in [0.4, 0.5) is 0 Å². The molecule has 1 aromatic heterocycles. The van der Waals surface area contributed by atoms with Crippen LogP contribution >= 0.6 is 0 Å². The van der Waals surface area contributed by atoms with E-state index in [2.05, 4.69) is 29.2 Å². The van der Waals surface area contributed by atoms with E-state index in [0.29, 0.717) is 5.91 Å². The summed E-state index contributed by atoms with van der Waals surface area (Å²) in [6, 6.07) is 12.7. The van der Waals surface area contributed by atoms with Crippen LogP contribution in [0.5, 0.6) is 0 Å². The number of furan rings is 1. The number of carbonyl (C=O) groups excluding carboxylic acids is 1. The molecule has 4 heteroatoms. The van der Waals surface area contributed by atoms with Gasteiger partial charge in [0.15, 0.2) is 0 Å². The molecule has 120 valence electrons. The summed E-state index contributed by atoms with van der Waals surface area (Å²) in [5, 5.41) is 0. The van der Waals surface area contributed by atoms with Gasteiger partial charge < -0.3 is 9.32 Å². The smallest absolute Gasteiger partial charge is 0.231 e. The van der Waals surface area contributed by atoms with Crippen LogP contribution in [0, 0.1) is 5.41 Å². The number of β-lactam (4-membered cyclic amide) rings is 1. The fourth-order valence-corrected chi connectivity index (χ4v) is 4.31. The minimum atomic E-state index is -0.191. The van der Waals surface area contributed by atoms with Crippen LogP contribution in [-0.4, -0.2) is 35.8 Å². The van der Waals surface area contributed by atoms with Gasteiger partial charge >= 0.3 is 0 Å². The summed E-state index contributed by atoms with van der Waals surface area (Å²) < 4.78 is 5.15.